The molecule has 1 N–H and O–H groups in total. The number of carbonyl (C=O) groups is 1. The van der Waals surface area contributed by atoms with Gasteiger partial charge in [0.15, 0.2) is 0 Å². The third-order valence-corrected chi connectivity index (χ3v) is 3.56. The predicted molar refractivity (Wildman–Crippen MR) is 85.8 cm³/mol. The molecule has 5 nitrogen and oxygen atoms in total. The summed E-state index contributed by atoms with van der Waals surface area (Å²) in [5.74, 6) is -0.325. The Kier molecular flexibility index (Phi) is 4.09. The van der Waals surface area contributed by atoms with Gasteiger partial charge in [0.2, 0.25) is 0 Å². The highest BCUT2D eigenvalue weighted by atomic mass is 35.5. The van der Waals surface area contributed by atoms with Crippen LogP contribution in [0.25, 0.3) is 5.69 Å². The van der Waals surface area contributed by atoms with Gasteiger partial charge in [0.05, 0.1) is 34.4 Å². The van der Waals surface area contributed by atoms with Gasteiger partial charge in [-0.05, 0) is 30.3 Å². The van der Waals surface area contributed by atoms with Gasteiger partial charge < -0.3 is 5.32 Å². The third-order valence-electron chi connectivity index (χ3n) is 2.99. The second kappa shape index (κ2) is 6.17. The Morgan fingerprint density at radius 1 is 1.14 bits per heavy atom. The lowest BCUT2D eigenvalue weighted by molar-refractivity contribution is 0.102. The van der Waals surface area contributed by atoms with E-state index in [1.165, 1.54) is 0 Å². The smallest absolute Gasteiger partial charge is 0.257 e. The molecule has 3 rings (SSSR count). The molecule has 7 heteroatoms. The van der Waals surface area contributed by atoms with Crippen LogP contribution in [0.15, 0.2) is 54.9 Å². The van der Waals surface area contributed by atoms with Crippen molar-refractivity contribution >= 4 is 34.8 Å². The predicted octanol–water partition coefficient (Wildman–Crippen LogP) is 3.83. The average Bonchev–Trinajstić information content (AvgIpc) is 3.02. The van der Waals surface area contributed by atoms with E-state index in [2.05, 4.69) is 15.6 Å². The lowest BCUT2D eigenvalue weighted by Gasteiger charge is -2.12. The highest BCUT2D eigenvalue weighted by Gasteiger charge is 2.13. The first kappa shape index (κ1) is 14.6. The van der Waals surface area contributed by atoms with E-state index < -0.39 is 0 Å². The van der Waals surface area contributed by atoms with Crippen LogP contribution >= 0.6 is 23.2 Å². The summed E-state index contributed by atoms with van der Waals surface area (Å²) >= 11 is 12.1. The van der Waals surface area contributed by atoms with Crippen LogP contribution in [0, 0.1) is 0 Å². The molecule has 3 aromatic rings. The quantitative estimate of drug-likeness (QED) is 0.792. The Morgan fingerprint density at radius 3 is 2.68 bits per heavy atom. The molecule has 0 aliphatic heterocycles. The average molecular weight is 333 g/mol. The van der Waals surface area contributed by atoms with Gasteiger partial charge in [-0.25, -0.2) is 4.68 Å². The van der Waals surface area contributed by atoms with E-state index in [0.29, 0.717) is 27.0 Å². The molecule has 0 atom stereocenters. The number of hydrogen-bond donors (Lipinski definition) is 1. The van der Waals surface area contributed by atoms with E-state index in [1.807, 2.05) is 0 Å². The lowest BCUT2D eigenvalue weighted by atomic mass is 10.2. The zero-order valence-corrected chi connectivity index (χ0v) is 12.7. The van der Waals surface area contributed by atoms with Crippen molar-refractivity contribution in [2.75, 3.05) is 5.32 Å². The van der Waals surface area contributed by atoms with Gasteiger partial charge in [0.1, 0.15) is 0 Å². The van der Waals surface area contributed by atoms with Crippen molar-refractivity contribution in [1.29, 1.82) is 0 Å². The highest BCUT2D eigenvalue weighted by Crippen LogP contribution is 2.25. The molecule has 0 radical (unpaired) electrons. The normalized spacial score (nSPS) is 10.5. The van der Waals surface area contributed by atoms with Crippen LogP contribution in [0.5, 0.6) is 0 Å². The second-order valence-electron chi connectivity index (χ2n) is 4.44. The molecule has 0 aliphatic carbocycles. The fourth-order valence-electron chi connectivity index (χ4n) is 1.98. The number of nitrogens with one attached hydrogen (secondary N) is 1. The largest absolute Gasteiger partial charge is 0.320 e. The van der Waals surface area contributed by atoms with Crippen molar-refractivity contribution in [2.24, 2.45) is 0 Å². The van der Waals surface area contributed by atoms with Crippen LogP contribution in [-0.2, 0) is 0 Å². The van der Waals surface area contributed by atoms with E-state index in [0.717, 1.165) is 0 Å². The topological polar surface area (TPSA) is 59.8 Å². The molecule has 0 saturated heterocycles. The molecule has 0 saturated carbocycles. The SMILES string of the molecule is O=C(Nc1cc(Cl)ccc1-n1ccnn1)c1ccccc1Cl. The lowest BCUT2D eigenvalue weighted by Crippen LogP contribution is -2.14. The summed E-state index contributed by atoms with van der Waals surface area (Å²) in [6.07, 6.45) is 3.22. The van der Waals surface area contributed by atoms with Gasteiger partial charge >= 0.3 is 0 Å². The van der Waals surface area contributed by atoms with Crippen molar-refractivity contribution in [3.8, 4) is 5.69 Å². The Balaban J connectivity index is 1.97. The Morgan fingerprint density at radius 2 is 1.95 bits per heavy atom. The van der Waals surface area contributed by atoms with Crippen molar-refractivity contribution < 1.29 is 4.79 Å². The first-order valence-electron chi connectivity index (χ1n) is 6.37. The number of aromatic nitrogens is 3. The fourth-order valence-corrected chi connectivity index (χ4v) is 2.37. The summed E-state index contributed by atoms with van der Waals surface area (Å²) in [6.45, 7) is 0. The molecule has 110 valence electrons. The second-order valence-corrected chi connectivity index (χ2v) is 5.29. The number of nitrogens with zero attached hydrogens (tertiary/aromatic N) is 3. The Bertz CT molecular complexity index is 818. The van der Waals surface area contributed by atoms with E-state index in [1.54, 1.807) is 59.5 Å². The number of benzene rings is 2. The van der Waals surface area contributed by atoms with Crippen molar-refractivity contribution in [3.63, 3.8) is 0 Å². The fraction of sp³-hybridized carbons (Fsp3) is 0. The molecule has 1 heterocycles. The molecule has 1 amide bonds. The number of halogens is 2. The monoisotopic (exact) mass is 332 g/mol. The maximum atomic E-state index is 12.4. The molecule has 0 aliphatic rings. The summed E-state index contributed by atoms with van der Waals surface area (Å²) < 4.78 is 1.54. The minimum atomic E-state index is -0.325. The number of amides is 1. The Hall–Kier alpha value is -2.37. The van der Waals surface area contributed by atoms with E-state index >= 15 is 0 Å². The summed E-state index contributed by atoms with van der Waals surface area (Å²) in [5, 5.41) is 11.4. The van der Waals surface area contributed by atoms with E-state index in [-0.39, 0.29) is 5.91 Å². The van der Waals surface area contributed by atoms with Crippen LogP contribution < -0.4 is 5.32 Å². The van der Waals surface area contributed by atoms with Crippen LogP contribution in [0.2, 0.25) is 10.0 Å². The number of rotatable bonds is 3. The minimum Gasteiger partial charge on any atom is -0.320 e. The Labute approximate surface area is 136 Å². The highest BCUT2D eigenvalue weighted by molar-refractivity contribution is 6.34. The maximum absolute atomic E-state index is 12.4. The third kappa shape index (κ3) is 2.95. The van der Waals surface area contributed by atoms with E-state index in [4.69, 9.17) is 23.2 Å². The zero-order chi connectivity index (χ0) is 15.5. The van der Waals surface area contributed by atoms with Crippen molar-refractivity contribution in [2.45, 2.75) is 0 Å². The first-order valence-corrected chi connectivity index (χ1v) is 7.13. The van der Waals surface area contributed by atoms with Crippen LogP contribution in [-0.4, -0.2) is 20.9 Å². The molecule has 0 spiro atoms. The summed E-state index contributed by atoms with van der Waals surface area (Å²) in [7, 11) is 0. The number of carbonyl (C=O) groups excluding carboxylic acids is 1. The van der Waals surface area contributed by atoms with Crippen molar-refractivity contribution in [3.05, 3.63) is 70.5 Å². The van der Waals surface area contributed by atoms with E-state index in [9.17, 15) is 4.79 Å². The van der Waals surface area contributed by atoms with Crippen LogP contribution in [0.1, 0.15) is 10.4 Å². The van der Waals surface area contributed by atoms with Crippen molar-refractivity contribution in [1.82, 2.24) is 15.0 Å². The molecule has 0 fully saturated rings. The standard InChI is InChI=1S/C15H10Cl2N4O/c16-10-5-6-14(21-8-7-18-20-21)13(9-10)19-15(22)11-3-1-2-4-12(11)17/h1-9H,(H,19,22). The maximum Gasteiger partial charge on any atom is 0.257 e. The van der Waals surface area contributed by atoms with Gasteiger partial charge in [0.25, 0.3) is 5.91 Å². The van der Waals surface area contributed by atoms with Gasteiger partial charge in [-0.1, -0.05) is 40.5 Å². The summed E-state index contributed by atoms with van der Waals surface area (Å²) in [4.78, 5) is 12.4. The molecule has 0 unspecified atom stereocenters. The van der Waals surface area contributed by atoms with Gasteiger partial charge in [-0.15, -0.1) is 5.10 Å². The number of anilines is 1. The molecule has 1 aromatic heterocycles. The first-order chi connectivity index (χ1) is 10.6. The molecular weight excluding hydrogens is 323 g/mol. The van der Waals surface area contributed by atoms with Gasteiger partial charge in [-0.2, -0.15) is 0 Å². The summed E-state index contributed by atoms with van der Waals surface area (Å²) in [6, 6.07) is 11.9. The molecular formula is C15H10Cl2N4O. The molecule has 0 bridgehead atoms. The van der Waals surface area contributed by atoms with Crippen LogP contribution in [0.4, 0.5) is 5.69 Å². The number of hydrogen-bond acceptors (Lipinski definition) is 3. The van der Waals surface area contributed by atoms with Crippen LogP contribution in [0.3, 0.4) is 0 Å². The molecule has 2 aromatic carbocycles. The summed E-state index contributed by atoms with van der Waals surface area (Å²) in [5.41, 5.74) is 1.55. The van der Waals surface area contributed by atoms with Gasteiger partial charge in [0, 0.05) is 5.02 Å². The van der Waals surface area contributed by atoms with Gasteiger partial charge in [-0.3, -0.25) is 4.79 Å². The molecule has 22 heavy (non-hydrogen) atoms. The minimum absolute atomic E-state index is 0.325. The zero-order valence-electron chi connectivity index (χ0n) is 11.2.